The summed E-state index contributed by atoms with van der Waals surface area (Å²) in [6.07, 6.45) is 0.793. The second-order valence-electron chi connectivity index (χ2n) is 2.56. The SMILES string of the molecule is O=Cc1cc(OC(F)F)c(C=O)cc1S. The van der Waals surface area contributed by atoms with Crippen LogP contribution in [0.2, 0.25) is 0 Å². The minimum Gasteiger partial charge on any atom is -0.434 e. The highest BCUT2D eigenvalue weighted by atomic mass is 32.1. The number of carbonyl (C=O) groups is 2. The van der Waals surface area contributed by atoms with Crippen molar-refractivity contribution in [2.45, 2.75) is 11.5 Å². The van der Waals surface area contributed by atoms with Gasteiger partial charge in [0.2, 0.25) is 0 Å². The molecule has 0 aliphatic carbocycles. The number of alkyl halides is 2. The van der Waals surface area contributed by atoms with Gasteiger partial charge in [0.1, 0.15) is 5.75 Å². The lowest BCUT2D eigenvalue weighted by atomic mass is 10.1. The van der Waals surface area contributed by atoms with E-state index in [9.17, 15) is 18.4 Å². The standard InChI is InChI=1S/C9H6F2O3S/c10-9(11)14-7-1-6(4-13)8(15)2-5(7)3-12/h1-4,9,15H. The summed E-state index contributed by atoms with van der Waals surface area (Å²) in [5, 5.41) is 0. The first kappa shape index (κ1) is 11.6. The second kappa shape index (κ2) is 4.88. The Balaban J connectivity index is 3.22. The van der Waals surface area contributed by atoms with Crippen molar-refractivity contribution in [3.63, 3.8) is 0 Å². The van der Waals surface area contributed by atoms with E-state index >= 15 is 0 Å². The summed E-state index contributed by atoms with van der Waals surface area (Å²) in [5.41, 5.74) is 0.00508. The third-order valence-corrected chi connectivity index (χ3v) is 2.02. The van der Waals surface area contributed by atoms with Gasteiger partial charge in [0, 0.05) is 10.5 Å². The van der Waals surface area contributed by atoms with Gasteiger partial charge in [-0.3, -0.25) is 9.59 Å². The number of thiol groups is 1. The summed E-state index contributed by atoms with van der Waals surface area (Å²) in [6, 6.07) is 2.24. The Hall–Kier alpha value is -1.43. The first-order chi connectivity index (χ1) is 7.08. The maximum absolute atomic E-state index is 11.9. The lowest BCUT2D eigenvalue weighted by molar-refractivity contribution is -0.0501. The summed E-state index contributed by atoms with van der Waals surface area (Å²) in [7, 11) is 0. The Morgan fingerprint density at radius 3 is 2.27 bits per heavy atom. The highest BCUT2D eigenvalue weighted by Crippen LogP contribution is 2.25. The fourth-order valence-electron chi connectivity index (χ4n) is 0.985. The van der Waals surface area contributed by atoms with Crippen LogP contribution < -0.4 is 4.74 Å². The molecule has 0 N–H and O–H groups in total. The molecule has 0 atom stereocenters. The number of hydrogen-bond donors (Lipinski definition) is 1. The van der Waals surface area contributed by atoms with Gasteiger partial charge >= 0.3 is 6.61 Å². The van der Waals surface area contributed by atoms with E-state index in [1.807, 2.05) is 0 Å². The molecule has 6 heteroatoms. The molecule has 0 spiro atoms. The Morgan fingerprint density at radius 2 is 1.80 bits per heavy atom. The molecule has 0 unspecified atom stereocenters. The zero-order valence-electron chi connectivity index (χ0n) is 7.31. The van der Waals surface area contributed by atoms with Gasteiger partial charge in [-0.2, -0.15) is 8.78 Å². The van der Waals surface area contributed by atoms with Crippen molar-refractivity contribution in [3.05, 3.63) is 23.3 Å². The van der Waals surface area contributed by atoms with Crippen LogP contribution in [-0.2, 0) is 0 Å². The molecule has 0 radical (unpaired) electrons. The minimum absolute atomic E-state index is 0.0779. The monoisotopic (exact) mass is 232 g/mol. The quantitative estimate of drug-likeness (QED) is 0.639. The Kier molecular flexibility index (Phi) is 3.79. The number of hydrogen-bond acceptors (Lipinski definition) is 4. The van der Waals surface area contributed by atoms with Gasteiger partial charge in [-0.25, -0.2) is 0 Å². The van der Waals surface area contributed by atoms with Crippen LogP contribution in [0, 0.1) is 0 Å². The topological polar surface area (TPSA) is 43.4 Å². The lowest BCUT2D eigenvalue weighted by Crippen LogP contribution is -2.05. The Bertz CT molecular complexity index is 393. The van der Waals surface area contributed by atoms with E-state index in [2.05, 4.69) is 17.4 Å². The van der Waals surface area contributed by atoms with Gasteiger partial charge in [-0.1, -0.05) is 0 Å². The molecule has 0 aliphatic rings. The van der Waals surface area contributed by atoms with Crippen molar-refractivity contribution in [2.24, 2.45) is 0 Å². The van der Waals surface area contributed by atoms with Gasteiger partial charge in [-0.05, 0) is 12.1 Å². The van der Waals surface area contributed by atoms with Crippen molar-refractivity contribution in [1.29, 1.82) is 0 Å². The number of carbonyl (C=O) groups excluding carboxylic acids is 2. The molecule has 1 aromatic rings. The van der Waals surface area contributed by atoms with E-state index in [0.717, 1.165) is 6.07 Å². The van der Waals surface area contributed by atoms with Gasteiger partial charge in [0.15, 0.2) is 12.6 Å². The molecule has 0 aromatic heterocycles. The lowest BCUT2D eigenvalue weighted by Gasteiger charge is -2.08. The smallest absolute Gasteiger partial charge is 0.387 e. The van der Waals surface area contributed by atoms with Gasteiger partial charge in [-0.15, -0.1) is 12.6 Å². The van der Waals surface area contributed by atoms with Crippen molar-refractivity contribution in [1.82, 2.24) is 0 Å². The van der Waals surface area contributed by atoms with Crippen molar-refractivity contribution >= 4 is 25.2 Å². The van der Waals surface area contributed by atoms with Crippen molar-refractivity contribution < 1.29 is 23.1 Å². The van der Waals surface area contributed by atoms with Crippen LogP contribution in [0.4, 0.5) is 8.78 Å². The average Bonchev–Trinajstić information content (AvgIpc) is 2.19. The molecule has 1 rings (SSSR count). The molecular formula is C9H6F2O3S. The molecule has 0 amide bonds. The molecule has 0 fully saturated rings. The largest absolute Gasteiger partial charge is 0.434 e. The molecule has 1 aromatic carbocycles. The average molecular weight is 232 g/mol. The van der Waals surface area contributed by atoms with Crippen LogP contribution in [0.1, 0.15) is 20.7 Å². The summed E-state index contributed by atoms with van der Waals surface area (Å²) in [6.45, 7) is -3.05. The number of benzene rings is 1. The predicted octanol–water partition coefficient (Wildman–Crippen LogP) is 2.20. The zero-order chi connectivity index (χ0) is 11.4. The van der Waals surface area contributed by atoms with E-state index in [0.29, 0.717) is 12.6 Å². The maximum atomic E-state index is 11.9. The van der Waals surface area contributed by atoms with Gasteiger partial charge in [0.25, 0.3) is 0 Å². The van der Waals surface area contributed by atoms with Crippen LogP contribution in [0.3, 0.4) is 0 Å². The third-order valence-electron chi connectivity index (χ3n) is 1.63. The van der Waals surface area contributed by atoms with Crippen molar-refractivity contribution in [3.8, 4) is 5.75 Å². The fraction of sp³-hybridized carbons (Fsp3) is 0.111. The molecule has 0 aliphatic heterocycles. The van der Waals surface area contributed by atoms with E-state index in [4.69, 9.17) is 0 Å². The molecule has 80 valence electrons. The molecular weight excluding hydrogens is 226 g/mol. The van der Waals surface area contributed by atoms with Crippen LogP contribution in [0.15, 0.2) is 17.0 Å². The summed E-state index contributed by atoms with van der Waals surface area (Å²) in [4.78, 5) is 21.2. The molecule has 0 saturated carbocycles. The van der Waals surface area contributed by atoms with E-state index in [1.165, 1.54) is 6.07 Å². The van der Waals surface area contributed by atoms with Crippen LogP contribution in [0.5, 0.6) is 5.75 Å². The van der Waals surface area contributed by atoms with Crippen LogP contribution >= 0.6 is 12.6 Å². The first-order valence-electron chi connectivity index (χ1n) is 3.80. The third kappa shape index (κ3) is 2.76. The number of halogens is 2. The molecule has 3 nitrogen and oxygen atoms in total. The van der Waals surface area contributed by atoms with E-state index in [1.54, 1.807) is 0 Å². The molecule has 0 heterocycles. The van der Waals surface area contributed by atoms with Crippen LogP contribution in [-0.4, -0.2) is 19.2 Å². The highest BCUT2D eigenvalue weighted by molar-refractivity contribution is 7.80. The molecule has 0 saturated heterocycles. The number of aldehydes is 2. The van der Waals surface area contributed by atoms with E-state index < -0.39 is 6.61 Å². The van der Waals surface area contributed by atoms with Crippen molar-refractivity contribution in [2.75, 3.05) is 0 Å². The molecule has 0 bridgehead atoms. The Labute approximate surface area is 89.4 Å². The number of ether oxygens (including phenoxy) is 1. The highest BCUT2D eigenvalue weighted by Gasteiger charge is 2.12. The predicted molar refractivity (Wildman–Crippen MR) is 51.1 cm³/mol. The number of rotatable bonds is 4. The first-order valence-corrected chi connectivity index (χ1v) is 4.25. The Morgan fingerprint density at radius 1 is 1.20 bits per heavy atom. The maximum Gasteiger partial charge on any atom is 0.387 e. The van der Waals surface area contributed by atoms with Gasteiger partial charge < -0.3 is 4.74 Å². The fourth-order valence-corrected chi connectivity index (χ4v) is 1.24. The summed E-state index contributed by atoms with van der Waals surface area (Å²) < 4.78 is 27.9. The summed E-state index contributed by atoms with van der Waals surface area (Å²) >= 11 is 3.91. The normalized spacial score (nSPS) is 10.1. The van der Waals surface area contributed by atoms with E-state index in [-0.39, 0.29) is 21.8 Å². The molecule has 15 heavy (non-hydrogen) atoms. The second-order valence-corrected chi connectivity index (χ2v) is 3.04. The van der Waals surface area contributed by atoms with Crippen LogP contribution in [0.25, 0.3) is 0 Å². The minimum atomic E-state index is -3.05. The zero-order valence-corrected chi connectivity index (χ0v) is 8.21. The van der Waals surface area contributed by atoms with Gasteiger partial charge in [0.05, 0.1) is 5.56 Å². The summed E-state index contributed by atoms with van der Waals surface area (Å²) in [5.74, 6) is -0.333.